The molecule has 0 bridgehead atoms. The van der Waals surface area contributed by atoms with Gasteiger partial charge in [0.25, 0.3) is 5.91 Å². The second kappa shape index (κ2) is 7.97. The van der Waals surface area contributed by atoms with Crippen LogP contribution in [0.1, 0.15) is 10.4 Å². The number of amides is 1. The molecule has 3 rings (SSSR count). The molecule has 28 heavy (non-hydrogen) atoms. The van der Waals surface area contributed by atoms with E-state index in [1.807, 2.05) is 0 Å². The SMILES string of the molecule is COc1cc(C(=O)Nc2ccn(C)n2)ccc1Oc1ccc(Cl)cc1[N+](=O)[O-]. The molecule has 0 saturated heterocycles. The molecule has 1 aromatic heterocycles. The van der Waals surface area contributed by atoms with E-state index in [1.165, 1.54) is 43.5 Å². The monoisotopic (exact) mass is 402 g/mol. The highest BCUT2D eigenvalue weighted by molar-refractivity contribution is 6.30. The second-order valence-electron chi connectivity index (χ2n) is 5.67. The van der Waals surface area contributed by atoms with Crippen LogP contribution < -0.4 is 14.8 Å². The van der Waals surface area contributed by atoms with Crippen LogP contribution in [0, 0.1) is 10.1 Å². The Bertz CT molecular complexity index is 1050. The Balaban J connectivity index is 1.86. The zero-order valence-corrected chi connectivity index (χ0v) is 15.6. The summed E-state index contributed by atoms with van der Waals surface area (Å²) in [7, 11) is 3.14. The van der Waals surface area contributed by atoms with E-state index in [0.29, 0.717) is 11.4 Å². The number of nitrogens with one attached hydrogen (secondary N) is 1. The fourth-order valence-electron chi connectivity index (χ4n) is 2.40. The first kappa shape index (κ1) is 19.2. The van der Waals surface area contributed by atoms with Crippen molar-refractivity contribution in [3.05, 3.63) is 69.4 Å². The minimum Gasteiger partial charge on any atom is -0.493 e. The number of methoxy groups -OCH3 is 1. The molecular weight excluding hydrogens is 388 g/mol. The van der Waals surface area contributed by atoms with E-state index in [2.05, 4.69) is 10.4 Å². The zero-order valence-electron chi connectivity index (χ0n) is 14.9. The third-order valence-corrected chi connectivity index (χ3v) is 3.95. The quantitative estimate of drug-likeness (QED) is 0.492. The average Bonchev–Trinajstić information content (AvgIpc) is 3.07. The largest absolute Gasteiger partial charge is 0.493 e. The number of benzene rings is 2. The molecule has 0 unspecified atom stereocenters. The maximum atomic E-state index is 12.4. The van der Waals surface area contributed by atoms with Gasteiger partial charge >= 0.3 is 5.69 Å². The number of aryl methyl sites for hydroxylation is 1. The first-order valence-corrected chi connectivity index (χ1v) is 8.36. The van der Waals surface area contributed by atoms with E-state index >= 15 is 0 Å². The highest BCUT2D eigenvalue weighted by atomic mass is 35.5. The van der Waals surface area contributed by atoms with Crippen LogP contribution in [0.15, 0.2) is 48.7 Å². The average molecular weight is 403 g/mol. The molecule has 0 radical (unpaired) electrons. The number of ether oxygens (including phenoxy) is 2. The minimum absolute atomic E-state index is 0.00149. The van der Waals surface area contributed by atoms with E-state index in [-0.39, 0.29) is 33.9 Å². The summed E-state index contributed by atoms with van der Waals surface area (Å²) in [6.45, 7) is 0. The van der Waals surface area contributed by atoms with Crippen LogP contribution >= 0.6 is 11.6 Å². The van der Waals surface area contributed by atoms with Crippen molar-refractivity contribution in [2.75, 3.05) is 12.4 Å². The molecule has 9 nitrogen and oxygen atoms in total. The number of nitro benzene ring substituents is 1. The van der Waals surface area contributed by atoms with E-state index in [0.717, 1.165) is 0 Å². The minimum atomic E-state index is -0.595. The molecule has 1 N–H and O–H groups in total. The van der Waals surface area contributed by atoms with Gasteiger partial charge in [0.1, 0.15) is 0 Å². The number of hydrogen-bond donors (Lipinski definition) is 1. The molecular formula is C18H15ClN4O5. The number of anilines is 1. The maximum absolute atomic E-state index is 12.4. The third kappa shape index (κ3) is 4.21. The van der Waals surface area contributed by atoms with Gasteiger partial charge in [-0.2, -0.15) is 5.10 Å². The Labute approximate surface area is 164 Å². The Kier molecular flexibility index (Phi) is 5.46. The molecule has 1 heterocycles. The number of rotatable bonds is 6. The number of nitrogens with zero attached hydrogens (tertiary/aromatic N) is 3. The molecule has 10 heteroatoms. The van der Waals surface area contributed by atoms with Gasteiger partial charge in [-0.3, -0.25) is 19.6 Å². The summed E-state index contributed by atoms with van der Waals surface area (Å²) < 4.78 is 12.5. The third-order valence-electron chi connectivity index (χ3n) is 3.72. The number of carbonyl (C=O) groups is 1. The Morgan fingerprint density at radius 1 is 1.18 bits per heavy atom. The normalized spacial score (nSPS) is 10.4. The molecule has 0 aliphatic heterocycles. The molecule has 0 fully saturated rings. The summed E-state index contributed by atoms with van der Waals surface area (Å²) in [6.07, 6.45) is 1.70. The predicted molar refractivity (Wildman–Crippen MR) is 102 cm³/mol. The van der Waals surface area contributed by atoms with Crippen molar-refractivity contribution in [1.82, 2.24) is 9.78 Å². The maximum Gasteiger partial charge on any atom is 0.313 e. The number of halogens is 1. The molecule has 144 valence electrons. The molecule has 1 amide bonds. The number of aromatic nitrogens is 2. The first-order chi connectivity index (χ1) is 13.4. The molecule has 2 aromatic carbocycles. The Hall–Kier alpha value is -3.59. The second-order valence-corrected chi connectivity index (χ2v) is 6.10. The van der Waals surface area contributed by atoms with Crippen molar-refractivity contribution in [2.24, 2.45) is 7.05 Å². The van der Waals surface area contributed by atoms with Gasteiger partial charge in [-0.15, -0.1) is 0 Å². The Morgan fingerprint density at radius 3 is 2.57 bits per heavy atom. The van der Waals surface area contributed by atoms with Crippen LogP contribution in [0.3, 0.4) is 0 Å². The first-order valence-electron chi connectivity index (χ1n) is 7.98. The lowest BCUT2D eigenvalue weighted by atomic mass is 10.2. The van der Waals surface area contributed by atoms with Crippen molar-refractivity contribution in [1.29, 1.82) is 0 Å². The number of nitro groups is 1. The molecule has 0 aliphatic carbocycles. The number of carbonyl (C=O) groups excluding carboxylic acids is 1. The smallest absolute Gasteiger partial charge is 0.313 e. The summed E-state index contributed by atoms with van der Waals surface area (Å²) in [5.74, 6) is 0.461. The van der Waals surface area contributed by atoms with Crippen molar-refractivity contribution in [3.8, 4) is 17.2 Å². The Morgan fingerprint density at radius 2 is 1.93 bits per heavy atom. The van der Waals surface area contributed by atoms with Gasteiger partial charge in [-0.05, 0) is 30.3 Å². The van der Waals surface area contributed by atoms with Crippen molar-refractivity contribution < 1.29 is 19.2 Å². The highest BCUT2D eigenvalue weighted by Gasteiger charge is 2.19. The van der Waals surface area contributed by atoms with Crippen LogP contribution in [-0.2, 0) is 7.05 Å². The molecule has 0 spiro atoms. The van der Waals surface area contributed by atoms with Crippen molar-refractivity contribution >= 4 is 29.0 Å². The predicted octanol–water partition coefficient (Wildman–Crippen LogP) is 4.03. The van der Waals surface area contributed by atoms with Crippen LogP contribution in [0.4, 0.5) is 11.5 Å². The van der Waals surface area contributed by atoms with E-state index in [4.69, 9.17) is 21.1 Å². The fraction of sp³-hybridized carbons (Fsp3) is 0.111. The summed E-state index contributed by atoms with van der Waals surface area (Å²) in [4.78, 5) is 23.0. The fourth-order valence-corrected chi connectivity index (χ4v) is 2.57. The van der Waals surface area contributed by atoms with E-state index < -0.39 is 4.92 Å². The van der Waals surface area contributed by atoms with Crippen LogP contribution in [0.2, 0.25) is 5.02 Å². The summed E-state index contributed by atoms with van der Waals surface area (Å²) in [5, 5.41) is 18.2. The lowest BCUT2D eigenvalue weighted by Crippen LogP contribution is -2.12. The van der Waals surface area contributed by atoms with Crippen molar-refractivity contribution in [3.63, 3.8) is 0 Å². The van der Waals surface area contributed by atoms with Crippen LogP contribution in [0.25, 0.3) is 0 Å². The highest BCUT2D eigenvalue weighted by Crippen LogP contribution is 2.37. The topological polar surface area (TPSA) is 109 Å². The molecule has 0 saturated carbocycles. The summed E-state index contributed by atoms with van der Waals surface area (Å²) in [5.41, 5.74) is 0.0204. The van der Waals surface area contributed by atoms with Gasteiger partial charge in [-0.1, -0.05) is 11.6 Å². The van der Waals surface area contributed by atoms with Gasteiger partial charge in [0, 0.05) is 36.0 Å². The zero-order chi connectivity index (χ0) is 20.3. The van der Waals surface area contributed by atoms with Gasteiger partial charge in [0.05, 0.1) is 12.0 Å². The molecule has 0 atom stereocenters. The molecule has 3 aromatic rings. The summed E-state index contributed by atoms with van der Waals surface area (Å²) >= 11 is 5.81. The van der Waals surface area contributed by atoms with Gasteiger partial charge in [0.2, 0.25) is 5.75 Å². The standard InChI is InChI=1S/C18H15ClN4O5/c1-22-8-7-17(21-22)20-18(24)11-3-5-15(16(9-11)27-2)28-14-6-4-12(19)10-13(14)23(25)26/h3-10H,1-2H3,(H,20,21,24). The molecule has 0 aliphatic rings. The lowest BCUT2D eigenvalue weighted by molar-refractivity contribution is -0.385. The van der Waals surface area contributed by atoms with Crippen LogP contribution in [-0.4, -0.2) is 27.7 Å². The van der Waals surface area contributed by atoms with Crippen molar-refractivity contribution in [2.45, 2.75) is 0 Å². The lowest BCUT2D eigenvalue weighted by Gasteiger charge is -2.12. The van der Waals surface area contributed by atoms with Gasteiger partial charge < -0.3 is 14.8 Å². The van der Waals surface area contributed by atoms with E-state index in [9.17, 15) is 14.9 Å². The summed E-state index contributed by atoms with van der Waals surface area (Å²) in [6, 6.07) is 10.2. The van der Waals surface area contributed by atoms with Crippen LogP contribution in [0.5, 0.6) is 17.2 Å². The van der Waals surface area contributed by atoms with Gasteiger partial charge in [-0.25, -0.2) is 0 Å². The van der Waals surface area contributed by atoms with E-state index in [1.54, 1.807) is 24.0 Å². The number of hydrogen-bond acceptors (Lipinski definition) is 6. The van der Waals surface area contributed by atoms with Gasteiger partial charge in [0.15, 0.2) is 17.3 Å².